The largest absolute Gasteiger partial charge is 0.478 e. The normalized spacial score (nSPS) is 10.2. The summed E-state index contributed by atoms with van der Waals surface area (Å²) in [6.45, 7) is 1.31. The highest BCUT2D eigenvalue weighted by molar-refractivity contribution is 9.10. The fourth-order valence-electron chi connectivity index (χ4n) is 1.25. The van der Waals surface area contributed by atoms with Gasteiger partial charge in [0.2, 0.25) is 0 Å². The molecule has 0 aromatic heterocycles. The number of aromatic carboxylic acids is 1. The molecular weight excluding hydrogens is 290 g/mol. The maximum absolute atomic E-state index is 10.8. The van der Waals surface area contributed by atoms with Crippen LogP contribution in [-0.4, -0.2) is 42.5 Å². The minimum Gasteiger partial charge on any atom is -0.478 e. The van der Waals surface area contributed by atoms with Gasteiger partial charge in [-0.1, -0.05) is 15.9 Å². The minimum absolute atomic E-state index is 0.0000471. The number of aliphatic hydroxyl groups is 1. The monoisotopic (exact) mass is 303 g/mol. The predicted octanol–water partition coefficient (Wildman–Crippen LogP) is 1.57. The molecule has 0 saturated carbocycles. The molecule has 0 amide bonds. The second-order valence-electron chi connectivity index (χ2n) is 3.30. The third-order valence-electron chi connectivity index (χ3n) is 1.96. The van der Waals surface area contributed by atoms with Crippen LogP contribution in [0.3, 0.4) is 0 Å². The topological polar surface area (TPSA) is 78.8 Å². The molecule has 17 heavy (non-hydrogen) atoms. The molecule has 0 bridgehead atoms. The average Bonchev–Trinajstić information content (AvgIpc) is 2.28. The lowest BCUT2D eigenvalue weighted by atomic mass is 10.2. The van der Waals surface area contributed by atoms with Crippen LogP contribution in [0.15, 0.2) is 22.7 Å². The van der Waals surface area contributed by atoms with Crippen molar-refractivity contribution in [2.45, 2.75) is 0 Å². The maximum Gasteiger partial charge on any atom is 0.335 e. The Morgan fingerprint density at radius 1 is 1.35 bits per heavy atom. The molecule has 3 N–H and O–H groups in total. The molecule has 0 unspecified atom stereocenters. The lowest BCUT2D eigenvalue weighted by Gasteiger charge is -2.08. The van der Waals surface area contributed by atoms with Gasteiger partial charge in [0.15, 0.2) is 0 Å². The van der Waals surface area contributed by atoms with Crippen molar-refractivity contribution in [1.29, 1.82) is 0 Å². The van der Waals surface area contributed by atoms with Gasteiger partial charge in [0.25, 0.3) is 0 Å². The van der Waals surface area contributed by atoms with E-state index in [-0.39, 0.29) is 12.2 Å². The second kappa shape index (κ2) is 7.26. The fourth-order valence-corrected chi connectivity index (χ4v) is 1.74. The quantitative estimate of drug-likeness (QED) is 0.666. The lowest BCUT2D eigenvalue weighted by Crippen LogP contribution is -2.11. The van der Waals surface area contributed by atoms with Crippen LogP contribution in [0.25, 0.3) is 0 Å². The Labute approximate surface area is 108 Å². The van der Waals surface area contributed by atoms with Gasteiger partial charge in [-0.2, -0.15) is 0 Å². The van der Waals surface area contributed by atoms with E-state index >= 15 is 0 Å². The standard InChI is InChI=1S/C11H14BrNO4/c12-9-5-8(11(15)16)6-10(7-9)13-1-3-17-4-2-14/h5-7,13-14H,1-4H2,(H,15,16). The molecule has 0 aliphatic heterocycles. The van der Waals surface area contributed by atoms with Gasteiger partial charge in [0.1, 0.15) is 0 Å². The first-order valence-electron chi connectivity index (χ1n) is 5.10. The number of hydrogen-bond acceptors (Lipinski definition) is 4. The van der Waals surface area contributed by atoms with Crippen LogP contribution in [0.4, 0.5) is 5.69 Å². The summed E-state index contributed by atoms with van der Waals surface area (Å²) >= 11 is 3.25. The molecule has 0 spiro atoms. The van der Waals surface area contributed by atoms with Gasteiger partial charge in [0, 0.05) is 16.7 Å². The Bertz CT molecular complexity index is 384. The van der Waals surface area contributed by atoms with E-state index in [0.717, 1.165) is 0 Å². The van der Waals surface area contributed by atoms with E-state index in [1.165, 1.54) is 6.07 Å². The van der Waals surface area contributed by atoms with E-state index in [1.54, 1.807) is 12.1 Å². The predicted molar refractivity (Wildman–Crippen MR) is 67.5 cm³/mol. The van der Waals surface area contributed by atoms with Crippen molar-refractivity contribution in [3.05, 3.63) is 28.2 Å². The number of aliphatic hydroxyl groups excluding tert-OH is 1. The molecule has 0 fully saturated rings. The van der Waals surface area contributed by atoms with Crippen LogP contribution in [0.1, 0.15) is 10.4 Å². The summed E-state index contributed by atoms with van der Waals surface area (Å²) in [4.78, 5) is 10.8. The molecule has 0 aliphatic rings. The zero-order valence-corrected chi connectivity index (χ0v) is 10.7. The number of carboxylic acid groups (broad SMARTS) is 1. The molecule has 1 rings (SSSR count). The summed E-state index contributed by atoms with van der Waals surface area (Å²) < 4.78 is 5.78. The van der Waals surface area contributed by atoms with Crippen molar-refractivity contribution < 1.29 is 19.7 Å². The van der Waals surface area contributed by atoms with Crippen molar-refractivity contribution >= 4 is 27.6 Å². The fraction of sp³-hybridized carbons (Fsp3) is 0.364. The molecule has 1 aromatic rings. The number of carbonyl (C=O) groups is 1. The first-order chi connectivity index (χ1) is 8.13. The van der Waals surface area contributed by atoms with E-state index in [9.17, 15) is 4.79 Å². The van der Waals surface area contributed by atoms with E-state index < -0.39 is 5.97 Å². The molecule has 6 heteroatoms. The highest BCUT2D eigenvalue weighted by atomic mass is 79.9. The Hall–Kier alpha value is -1.11. The number of rotatable bonds is 7. The Balaban J connectivity index is 2.50. The number of hydrogen-bond donors (Lipinski definition) is 3. The molecule has 5 nitrogen and oxygen atoms in total. The Morgan fingerprint density at radius 2 is 2.12 bits per heavy atom. The number of ether oxygens (including phenoxy) is 1. The average molecular weight is 304 g/mol. The summed E-state index contributed by atoms with van der Waals surface area (Å²) in [7, 11) is 0. The number of nitrogens with one attached hydrogen (secondary N) is 1. The van der Waals surface area contributed by atoms with Crippen molar-refractivity contribution in [2.75, 3.05) is 31.7 Å². The molecular formula is C11H14BrNO4. The first-order valence-corrected chi connectivity index (χ1v) is 5.89. The van der Waals surface area contributed by atoms with Crippen molar-refractivity contribution in [1.82, 2.24) is 0 Å². The molecule has 0 atom stereocenters. The number of anilines is 1. The van der Waals surface area contributed by atoms with E-state index in [2.05, 4.69) is 21.2 Å². The van der Waals surface area contributed by atoms with Gasteiger partial charge in [-0.3, -0.25) is 0 Å². The van der Waals surface area contributed by atoms with E-state index in [0.29, 0.717) is 29.9 Å². The second-order valence-corrected chi connectivity index (χ2v) is 4.21. The Kier molecular flexibility index (Phi) is 5.96. The van der Waals surface area contributed by atoms with Crippen molar-refractivity contribution in [2.24, 2.45) is 0 Å². The zero-order valence-electron chi connectivity index (χ0n) is 9.15. The van der Waals surface area contributed by atoms with Gasteiger partial charge in [-0.05, 0) is 18.2 Å². The van der Waals surface area contributed by atoms with E-state index in [4.69, 9.17) is 14.9 Å². The van der Waals surface area contributed by atoms with Crippen molar-refractivity contribution in [3.63, 3.8) is 0 Å². The maximum atomic E-state index is 10.8. The number of halogens is 1. The third-order valence-corrected chi connectivity index (χ3v) is 2.41. The number of benzene rings is 1. The highest BCUT2D eigenvalue weighted by Gasteiger charge is 2.05. The van der Waals surface area contributed by atoms with Crippen molar-refractivity contribution in [3.8, 4) is 0 Å². The van der Waals surface area contributed by atoms with Gasteiger partial charge < -0.3 is 20.3 Å². The van der Waals surface area contributed by atoms with Gasteiger partial charge in [-0.15, -0.1) is 0 Å². The first kappa shape index (κ1) is 14.0. The summed E-state index contributed by atoms with van der Waals surface area (Å²) in [5, 5.41) is 20.4. The van der Waals surface area contributed by atoms with Gasteiger partial charge >= 0.3 is 5.97 Å². The molecule has 0 saturated heterocycles. The highest BCUT2D eigenvalue weighted by Crippen LogP contribution is 2.19. The van der Waals surface area contributed by atoms with Crippen LogP contribution in [-0.2, 0) is 4.74 Å². The lowest BCUT2D eigenvalue weighted by molar-refractivity contribution is 0.0697. The molecule has 0 heterocycles. The summed E-state index contributed by atoms with van der Waals surface area (Å²) in [6, 6.07) is 4.88. The summed E-state index contributed by atoms with van der Waals surface area (Å²) in [5.41, 5.74) is 0.933. The van der Waals surface area contributed by atoms with Crippen LogP contribution in [0.2, 0.25) is 0 Å². The summed E-state index contributed by atoms with van der Waals surface area (Å²) in [5.74, 6) is -0.967. The molecule has 1 aromatic carbocycles. The SMILES string of the molecule is O=C(O)c1cc(Br)cc(NCCOCCO)c1. The van der Waals surface area contributed by atoms with Crippen LogP contribution < -0.4 is 5.32 Å². The smallest absolute Gasteiger partial charge is 0.335 e. The molecule has 0 aliphatic carbocycles. The number of carboxylic acids is 1. The van der Waals surface area contributed by atoms with Gasteiger partial charge in [-0.25, -0.2) is 4.79 Å². The van der Waals surface area contributed by atoms with Crippen LogP contribution in [0.5, 0.6) is 0 Å². The van der Waals surface area contributed by atoms with E-state index in [1.807, 2.05) is 0 Å². The summed E-state index contributed by atoms with van der Waals surface area (Å²) in [6.07, 6.45) is 0. The minimum atomic E-state index is -0.967. The molecule has 0 radical (unpaired) electrons. The van der Waals surface area contributed by atoms with Crippen LogP contribution in [0, 0.1) is 0 Å². The molecule has 94 valence electrons. The van der Waals surface area contributed by atoms with Gasteiger partial charge in [0.05, 0.1) is 25.4 Å². The van der Waals surface area contributed by atoms with Crippen LogP contribution >= 0.6 is 15.9 Å². The Morgan fingerprint density at radius 3 is 2.76 bits per heavy atom. The third kappa shape index (κ3) is 5.16. The zero-order chi connectivity index (χ0) is 12.7.